The molecule has 0 heterocycles. The first-order valence-corrected chi connectivity index (χ1v) is 5.08. The van der Waals surface area contributed by atoms with Gasteiger partial charge in [0.1, 0.15) is 0 Å². The first-order valence-electron chi connectivity index (χ1n) is 5.08. The average molecular weight is 199 g/mol. The maximum Gasteiger partial charge on any atom is 0.304 e. The van der Waals surface area contributed by atoms with Crippen molar-refractivity contribution in [2.45, 2.75) is 32.1 Å². The van der Waals surface area contributed by atoms with Crippen LogP contribution in [-0.4, -0.2) is 24.0 Å². The first kappa shape index (κ1) is 11.0. The van der Waals surface area contributed by atoms with Crippen molar-refractivity contribution in [1.29, 1.82) is 0 Å². The second-order valence-electron chi connectivity index (χ2n) is 3.86. The number of rotatable bonds is 4. The molecule has 14 heavy (non-hydrogen) atoms. The van der Waals surface area contributed by atoms with Crippen LogP contribution in [-0.2, 0) is 9.59 Å². The van der Waals surface area contributed by atoms with Gasteiger partial charge in [-0.25, -0.2) is 0 Å². The molecule has 1 unspecified atom stereocenters. The maximum atomic E-state index is 11.5. The van der Waals surface area contributed by atoms with Crippen molar-refractivity contribution < 1.29 is 14.7 Å². The van der Waals surface area contributed by atoms with Crippen LogP contribution in [0.25, 0.3) is 0 Å². The van der Waals surface area contributed by atoms with Crippen LogP contribution in [0.2, 0.25) is 0 Å². The minimum atomic E-state index is -0.884. The van der Waals surface area contributed by atoms with E-state index in [1.165, 1.54) is 0 Å². The minimum Gasteiger partial charge on any atom is -0.481 e. The predicted molar refractivity (Wildman–Crippen MR) is 51.8 cm³/mol. The average Bonchev–Trinajstić information content (AvgIpc) is 2.65. The number of aliphatic carboxylic acids is 1. The Morgan fingerprint density at radius 1 is 1.43 bits per heavy atom. The highest BCUT2D eigenvalue weighted by atomic mass is 16.4. The van der Waals surface area contributed by atoms with Crippen LogP contribution in [0.5, 0.6) is 0 Å². The van der Waals surface area contributed by atoms with Gasteiger partial charge in [-0.1, -0.05) is 12.8 Å². The molecule has 4 nitrogen and oxygen atoms in total. The number of hydrogen-bond acceptors (Lipinski definition) is 2. The van der Waals surface area contributed by atoms with Gasteiger partial charge in [-0.3, -0.25) is 9.59 Å². The fourth-order valence-corrected chi connectivity index (χ4v) is 2.21. The van der Waals surface area contributed by atoms with Crippen molar-refractivity contribution >= 4 is 11.9 Å². The van der Waals surface area contributed by atoms with Crippen molar-refractivity contribution in [1.82, 2.24) is 5.32 Å². The van der Waals surface area contributed by atoms with E-state index in [2.05, 4.69) is 5.32 Å². The second kappa shape index (κ2) is 4.98. The lowest BCUT2D eigenvalue weighted by Gasteiger charge is -2.19. The molecule has 0 bridgehead atoms. The summed E-state index contributed by atoms with van der Waals surface area (Å²) in [6.45, 7) is 0. The Bertz CT molecular complexity index is 221. The molecule has 1 amide bonds. The summed E-state index contributed by atoms with van der Waals surface area (Å²) in [5, 5.41) is 11.3. The van der Waals surface area contributed by atoms with Gasteiger partial charge in [-0.05, 0) is 18.8 Å². The highest BCUT2D eigenvalue weighted by Crippen LogP contribution is 2.33. The molecule has 1 aliphatic carbocycles. The number of carbonyl (C=O) groups is 2. The van der Waals surface area contributed by atoms with E-state index < -0.39 is 5.97 Å². The highest BCUT2D eigenvalue weighted by molar-refractivity contribution is 5.83. The van der Waals surface area contributed by atoms with Crippen LogP contribution in [0.15, 0.2) is 0 Å². The molecule has 0 aromatic heterocycles. The normalized spacial score (nSPS) is 19.2. The molecule has 1 rings (SSSR count). The fourth-order valence-electron chi connectivity index (χ4n) is 2.21. The molecule has 0 spiro atoms. The maximum absolute atomic E-state index is 11.5. The molecule has 4 heteroatoms. The second-order valence-corrected chi connectivity index (χ2v) is 3.86. The third-order valence-electron chi connectivity index (χ3n) is 2.95. The summed E-state index contributed by atoms with van der Waals surface area (Å²) in [5.74, 6) is -1.07. The zero-order valence-electron chi connectivity index (χ0n) is 8.45. The predicted octanol–water partition coefficient (Wildman–Crippen LogP) is 1.01. The Labute approximate surface area is 83.7 Å². The van der Waals surface area contributed by atoms with Crippen LogP contribution in [0.3, 0.4) is 0 Å². The molecule has 1 fully saturated rings. The molecular weight excluding hydrogens is 182 g/mol. The van der Waals surface area contributed by atoms with Crippen LogP contribution in [0, 0.1) is 11.8 Å². The monoisotopic (exact) mass is 199 g/mol. The van der Waals surface area contributed by atoms with Gasteiger partial charge >= 0.3 is 5.97 Å². The van der Waals surface area contributed by atoms with Gasteiger partial charge in [0.15, 0.2) is 0 Å². The van der Waals surface area contributed by atoms with Crippen LogP contribution < -0.4 is 5.32 Å². The van der Waals surface area contributed by atoms with E-state index in [9.17, 15) is 9.59 Å². The van der Waals surface area contributed by atoms with Crippen molar-refractivity contribution in [3.63, 3.8) is 0 Å². The summed E-state index contributed by atoms with van der Waals surface area (Å²) in [7, 11) is 1.56. The molecule has 0 aliphatic heterocycles. The first-order chi connectivity index (χ1) is 6.65. The number of carboxylic acids is 1. The van der Waals surface area contributed by atoms with E-state index in [0.29, 0.717) is 0 Å². The third-order valence-corrected chi connectivity index (χ3v) is 2.95. The lowest BCUT2D eigenvalue weighted by molar-refractivity contribution is -0.142. The van der Waals surface area contributed by atoms with Crippen molar-refractivity contribution in [3.8, 4) is 0 Å². The highest BCUT2D eigenvalue weighted by Gasteiger charge is 2.31. The topological polar surface area (TPSA) is 66.4 Å². The van der Waals surface area contributed by atoms with Crippen LogP contribution in [0.4, 0.5) is 0 Å². The Morgan fingerprint density at radius 3 is 2.43 bits per heavy atom. The zero-order valence-corrected chi connectivity index (χ0v) is 8.45. The zero-order chi connectivity index (χ0) is 10.6. The Morgan fingerprint density at radius 2 is 2.00 bits per heavy atom. The Hall–Kier alpha value is -1.06. The van der Waals surface area contributed by atoms with Gasteiger partial charge in [-0.15, -0.1) is 0 Å². The van der Waals surface area contributed by atoms with Crippen LogP contribution in [0.1, 0.15) is 32.1 Å². The minimum absolute atomic E-state index is 0.0374. The van der Waals surface area contributed by atoms with Gasteiger partial charge in [-0.2, -0.15) is 0 Å². The summed E-state index contributed by atoms with van der Waals surface area (Å²) in [5.41, 5.74) is 0. The van der Waals surface area contributed by atoms with E-state index in [1.807, 2.05) is 0 Å². The van der Waals surface area contributed by atoms with Gasteiger partial charge in [0.25, 0.3) is 0 Å². The summed E-state index contributed by atoms with van der Waals surface area (Å²) in [6.07, 6.45) is 4.19. The number of amides is 1. The lowest BCUT2D eigenvalue weighted by Crippen LogP contribution is -2.33. The molecule has 80 valence electrons. The summed E-state index contributed by atoms with van der Waals surface area (Å²) in [4.78, 5) is 22.1. The van der Waals surface area contributed by atoms with E-state index >= 15 is 0 Å². The molecule has 1 aliphatic rings. The van der Waals surface area contributed by atoms with Crippen LogP contribution >= 0.6 is 0 Å². The van der Waals surface area contributed by atoms with E-state index in [1.54, 1.807) is 7.05 Å². The molecular formula is C10H17NO3. The third kappa shape index (κ3) is 2.72. The number of carbonyl (C=O) groups excluding carboxylic acids is 1. The smallest absolute Gasteiger partial charge is 0.304 e. The SMILES string of the molecule is CNC(=O)C(CC(=O)O)C1CCCC1. The van der Waals surface area contributed by atoms with Crippen molar-refractivity contribution in [2.75, 3.05) is 7.05 Å². The number of carboxylic acid groups (broad SMARTS) is 1. The number of nitrogens with one attached hydrogen (secondary N) is 1. The summed E-state index contributed by atoms with van der Waals surface area (Å²) < 4.78 is 0. The molecule has 2 N–H and O–H groups in total. The Balaban J connectivity index is 2.59. The van der Waals surface area contributed by atoms with Gasteiger partial charge in [0.05, 0.1) is 12.3 Å². The molecule has 0 aromatic rings. The molecule has 0 aromatic carbocycles. The summed E-state index contributed by atoms with van der Waals surface area (Å²) >= 11 is 0. The van der Waals surface area contributed by atoms with Gasteiger partial charge < -0.3 is 10.4 Å². The number of hydrogen-bond donors (Lipinski definition) is 2. The lowest BCUT2D eigenvalue weighted by atomic mass is 9.87. The quantitative estimate of drug-likeness (QED) is 0.710. The van der Waals surface area contributed by atoms with Crippen molar-refractivity contribution in [2.24, 2.45) is 11.8 Å². The summed E-state index contributed by atoms with van der Waals surface area (Å²) in [6, 6.07) is 0. The van der Waals surface area contributed by atoms with Gasteiger partial charge in [0.2, 0.25) is 5.91 Å². The fraction of sp³-hybridized carbons (Fsp3) is 0.800. The molecule has 1 saturated carbocycles. The standard InChI is InChI=1S/C10H17NO3/c1-11-10(14)8(6-9(12)13)7-4-2-3-5-7/h7-8H,2-6H2,1H3,(H,11,14)(H,12,13). The van der Waals surface area contributed by atoms with E-state index in [0.717, 1.165) is 25.7 Å². The van der Waals surface area contributed by atoms with Gasteiger partial charge in [0, 0.05) is 7.05 Å². The molecule has 0 radical (unpaired) electrons. The Kier molecular flexibility index (Phi) is 3.92. The van der Waals surface area contributed by atoms with Crippen molar-refractivity contribution in [3.05, 3.63) is 0 Å². The van der Waals surface area contributed by atoms with E-state index in [-0.39, 0.29) is 24.2 Å². The molecule has 0 saturated heterocycles. The van der Waals surface area contributed by atoms with E-state index in [4.69, 9.17) is 5.11 Å². The molecule has 1 atom stereocenters. The largest absolute Gasteiger partial charge is 0.481 e.